The van der Waals surface area contributed by atoms with E-state index >= 15 is 0 Å². The zero-order valence-corrected chi connectivity index (χ0v) is 11.2. The number of amides is 1. The summed E-state index contributed by atoms with van der Waals surface area (Å²) in [5.74, 6) is 0.429. The summed E-state index contributed by atoms with van der Waals surface area (Å²) in [6, 6.07) is -0.461. The Morgan fingerprint density at radius 2 is 1.88 bits per heavy atom. The minimum Gasteiger partial charge on any atom is -0.393 e. The topological polar surface area (TPSA) is 75.4 Å². The number of carbonyl (C=O) groups excluding carboxylic acids is 1. The highest BCUT2D eigenvalue weighted by Gasteiger charge is 2.28. The lowest BCUT2D eigenvalue weighted by molar-refractivity contribution is -0.124. The van der Waals surface area contributed by atoms with Crippen LogP contribution >= 0.6 is 0 Å². The quantitative estimate of drug-likeness (QED) is 0.692. The Kier molecular flexibility index (Phi) is 4.95. The zero-order valence-electron chi connectivity index (χ0n) is 11.2. The maximum Gasteiger partial charge on any atom is 0.237 e. The molecule has 1 aliphatic carbocycles. The molecule has 0 aromatic heterocycles. The molecule has 100 valence electrons. The van der Waals surface area contributed by atoms with Gasteiger partial charge in [0.25, 0.3) is 0 Å². The van der Waals surface area contributed by atoms with Crippen LogP contribution in [0, 0.1) is 11.3 Å². The molecule has 17 heavy (non-hydrogen) atoms. The molecule has 0 radical (unpaired) electrons. The number of hydrogen-bond donors (Lipinski definition) is 3. The normalized spacial score (nSPS) is 27.6. The third kappa shape index (κ3) is 4.64. The van der Waals surface area contributed by atoms with Gasteiger partial charge in [-0.25, -0.2) is 0 Å². The molecule has 1 amide bonds. The van der Waals surface area contributed by atoms with E-state index in [1.54, 1.807) is 0 Å². The highest BCUT2D eigenvalue weighted by Crippen LogP contribution is 2.23. The van der Waals surface area contributed by atoms with E-state index in [0.717, 1.165) is 25.7 Å². The molecule has 1 saturated carbocycles. The van der Waals surface area contributed by atoms with Crippen molar-refractivity contribution in [2.24, 2.45) is 17.1 Å². The third-order valence-corrected chi connectivity index (χ3v) is 3.60. The van der Waals surface area contributed by atoms with Gasteiger partial charge in [-0.3, -0.25) is 4.79 Å². The van der Waals surface area contributed by atoms with Gasteiger partial charge in [-0.15, -0.1) is 0 Å². The van der Waals surface area contributed by atoms with Crippen LogP contribution in [0.4, 0.5) is 0 Å². The monoisotopic (exact) mass is 242 g/mol. The van der Waals surface area contributed by atoms with Crippen molar-refractivity contribution in [1.82, 2.24) is 5.32 Å². The van der Waals surface area contributed by atoms with Gasteiger partial charge in [0.1, 0.15) is 0 Å². The predicted molar refractivity (Wildman–Crippen MR) is 68.4 cm³/mol. The minimum absolute atomic E-state index is 0.0661. The van der Waals surface area contributed by atoms with Crippen LogP contribution in [0.25, 0.3) is 0 Å². The van der Waals surface area contributed by atoms with Gasteiger partial charge in [0.2, 0.25) is 5.91 Å². The minimum atomic E-state index is -0.461. The maximum atomic E-state index is 11.8. The molecule has 1 unspecified atom stereocenters. The fourth-order valence-corrected chi connectivity index (χ4v) is 2.10. The van der Waals surface area contributed by atoms with Crippen molar-refractivity contribution in [3.05, 3.63) is 0 Å². The van der Waals surface area contributed by atoms with Crippen molar-refractivity contribution in [2.45, 2.75) is 58.6 Å². The lowest BCUT2D eigenvalue weighted by Crippen LogP contribution is -2.49. The summed E-state index contributed by atoms with van der Waals surface area (Å²) in [7, 11) is 0. The fourth-order valence-electron chi connectivity index (χ4n) is 2.10. The largest absolute Gasteiger partial charge is 0.393 e. The average Bonchev–Trinajstić information content (AvgIpc) is 2.25. The molecule has 1 atom stereocenters. The Morgan fingerprint density at radius 3 is 2.35 bits per heavy atom. The second-order valence-corrected chi connectivity index (χ2v) is 6.26. The van der Waals surface area contributed by atoms with E-state index in [2.05, 4.69) is 5.32 Å². The fraction of sp³-hybridized carbons (Fsp3) is 0.923. The first-order valence-corrected chi connectivity index (χ1v) is 6.52. The standard InChI is InChI=1S/C13H26N2O2/c1-13(2,3)11(14)12(17)15-8-9-4-6-10(16)7-5-9/h9-11,16H,4-8,14H2,1-3H3,(H,15,17). The van der Waals surface area contributed by atoms with Crippen molar-refractivity contribution in [1.29, 1.82) is 0 Å². The molecule has 4 nitrogen and oxygen atoms in total. The van der Waals surface area contributed by atoms with E-state index in [9.17, 15) is 9.90 Å². The molecule has 1 fully saturated rings. The first-order chi connectivity index (χ1) is 7.80. The average molecular weight is 242 g/mol. The Hall–Kier alpha value is -0.610. The van der Waals surface area contributed by atoms with Crippen LogP contribution in [-0.4, -0.2) is 29.7 Å². The van der Waals surface area contributed by atoms with E-state index in [1.807, 2.05) is 20.8 Å². The predicted octanol–water partition coefficient (Wildman–Crippen LogP) is 1.03. The van der Waals surface area contributed by atoms with Crippen molar-refractivity contribution in [3.63, 3.8) is 0 Å². The number of rotatable bonds is 3. The molecule has 0 spiro atoms. The van der Waals surface area contributed by atoms with Gasteiger partial charge in [0.15, 0.2) is 0 Å². The van der Waals surface area contributed by atoms with Crippen molar-refractivity contribution in [2.75, 3.05) is 6.54 Å². The summed E-state index contributed by atoms with van der Waals surface area (Å²) in [4.78, 5) is 11.8. The molecule has 0 aliphatic heterocycles. The number of aliphatic hydroxyl groups excluding tert-OH is 1. The molecule has 0 saturated heterocycles. The maximum absolute atomic E-state index is 11.8. The number of nitrogens with two attached hydrogens (primary N) is 1. The van der Waals surface area contributed by atoms with E-state index < -0.39 is 6.04 Å². The number of carbonyl (C=O) groups is 1. The molecular formula is C13H26N2O2. The third-order valence-electron chi connectivity index (χ3n) is 3.60. The van der Waals surface area contributed by atoms with Crippen LogP contribution in [0.15, 0.2) is 0 Å². The van der Waals surface area contributed by atoms with Crippen molar-refractivity contribution < 1.29 is 9.90 Å². The van der Waals surface area contributed by atoms with Crippen molar-refractivity contribution >= 4 is 5.91 Å². The van der Waals surface area contributed by atoms with Crippen LogP contribution in [0.5, 0.6) is 0 Å². The zero-order chi connectivity index (χ0) is 13.1. The highest BCUT2D eigenvalue weighted by atomic mass is 16.3. The molecular weight excluding hydrogens is 216 g/mol. The van der Waals surface area contributed by atoms with Gasteiger partial charge in [0.05, 0.1) is 12.1 Å². The van der Waals surface area contributed by atoms with Crippen LogP contribution < -0.4 is 11.1 Å². The first kappa shape index (κ1) is 14.5. The molecule has 1 rings (SSSR count). The SMILES string of the molecule is CC(C)(C)C(N)C(=O)NCC1CCC(O)CC1. The summed E-state index contributed by atoms with van der Waals surface area (Å²) in [5, 5.41) is 12.3. The Bertz CT molecular complexity index is 253. The summed E-state index contributed by atoms with van der Waals surface area (Å²) < 4.78 is 0. The molecule has 4 N–H and O–H groups in total. The highest BCUT2D eigenvalue weighted by molar-refractivity contribution is 5.82. The molecule has 0 aromatic rings. The van der Waals surface area contributed by atoms with Gasteiger partial charge in [-0.2, -0.15) is 0 Å². The lowest BCUT2D eigenvalue weighted by atomic mass is 9.85. The molecule has 0 heterocycles. The second kappa shape index (κ2) is 5.83. The second-order valence-electron chi connectivity index (χ2n) is 6.26. The lowest BCUT2D eigenvalue weighted by Gasteiger charge is -2.28. The molecule has 1 aliphatic rings. The van der Waals surface area contributed by atoms with E-state index in [0.29, 0.717) is 12.5 Å². The van der Waals surface area contributed by atoms with Gasteiger partial charge < -0.3 is 16.2 Å². The summed E-state index contributed by atoms with van der Waals surface area (Å²) in [6.45, 7) is 6.59. The summed E-state index contributed by atoms with van der Waals surface area (Å²) in [6.07, 6.45) is 3.55. The van der Waals surface area contributed by atoms with E-state index in [1.165, 1.54) is 0 Å². The Balaban J connectivity index is 2.29. The van der Waals surface area contributed by atoms with Crippen LogP contribution in [0.3, 0.4) is 0 Å². The Labute approximate surface area is 104 Å². The van der Waals surface area contributed by atoms with E-state index in [4.69, 9.17) is 5.73 Å². The Morgan fingerprint density at radius 1 is 1.35 bits per heavy atom. The van der Waals surface area contributed by atoms with Gasteiger partial charge in [0, 0.05) is 6.54 Å². The number of nitrogens with one attached hydrogen (secondary N) is 1. The van der Waals surface area contributed by atoms with Crippen LogP contribution in [-0.2, 0) is 4.79 Å². The number of hydrogen-bond acceptors (Lipinski definition) is 3. The summed E-state index contributed by atoms with van der Waals surface area (Å²) >= 11 is 0. The smallest absolute Gasteiger partial charge is 0.237 e. The van der Waals surface area contributed by atoms with Crippen molar-refractivity contribution in [3.8, 4) is 0 Å². The van der Waals surface area contributed by atoms with E-state index in [-0.39, 0.29) is 17.4 Å². The molecule has 4 heteroatoms. The molecule has 0 aromatic carbocycles. The summed E-state index contributed by atoms with van der Waals surface area (Å²) in [5.41, 5.74) is 5.68. The first-order valence-electron chi connectivity index (χ1n) is 6.52. The number of aliphatic hydroxyl groups is 1. The van der Waals surface area contributed by atoms with Gasteiger partial charge in [-0.1, -0.05) is 20.8 Å². The molecule has 0 bridgehead atoms. The van der Waals surface area contributed by atoms with Gasteiger partial charge in [-0.05, 0) is 37.0 Å². The van der Waals surface area contributed by atoms with Gasteiger partial charge >= 0.3 is 0 Å². The van der Waals surface area contributed by atoms with Crippen LogP contribution in [0.1, 0.15) is 46.5 Å². The van der Waals surface area contributed by atoms with Crippen LogP contribution in [0.2, 0.25) is 0 Å².